The molecule has 1 heterocycles. The van der Waals surface area contributed by atoms with Crippen LogP contribution in [0.5, 0.6) is 0 Å². The molecule has 1 aromatic heterocycles. The lowest BCUT2D eigenvalue weighted by atomic mass is 10.2. The first-order valence-electron chi connectivity index (χ1n) is 5.33. The van der Waals surface area contributed by atoms with Gasteiger partial charge in [-0.3, -0.25) is 10.2 Å². The third-order valence-electron chi connectivity index (χ3n) is 1.97. The van der Waals surface area contributed by atoms with Gasteiger partial charge in [-0.05, 0) is 18.6 Å². The Morgan fingerprint density at radius 2 is 2.41 bits per heavy atom. The van der Waals surface area contributed by atoms with Crippen LogP contribution in [0.25, 0.3) is 0 Å². The molecule has 1 aromatic rings. The summed E-state index contributed by atoms with van der Waals surface area (Å²) in [5.74, 6) is 0.325. The molecule has 4 N–H and O–H groups in total. The number of amides is 1. The van der Waals surface area contributed by atoms with Crippen LogP contribution in [0.3, 0.4) is 0 Å². The van der Waals surface area contributed by atoms with E-state index in [1.54, 1.807) is 18.3 Å². The van der Waals surface area contributed by atoms with E-state index in [-0.39, 0.29) is 11.7 Å². The Morgan fingerprint density at radius 1 is 1.65 bits per heavy atom. The molecule has 0 aromatic carbocycles. The zero-order chi connectivity index (χ0) is 12.7. The SMILES string of the molecule is CCCNC(=O)CSc1cc(C(=N)N)ccn1. The molecule has 0 atom stereocenters. The van der Waals surface area contributed by atoms with Crippen molar-refractivity contribution in [3.05, 3.63) is 23.9 Å². The van der Waals surface area contributed by atoms with Crippen LogP contribution in [-0.4, -0.2) is 29.0 Å². The van der Waals surface area contributed by atoms with Gasteiger partial charge in [-0.2, -0.15) is 0 Å². The summed E-state index contributed by atoms with van der Waals surface area (Å²) in [5, 5.41) is 10.8. The smallest absolute Gasteiger partial charge is 0.230 e. The fourth-order valence-electron chi connectivity index (χ4n) is 1.11. The molecule has 17 heavy (non-hydrogen) atoms. The zero-order valence-electron chi connectivity index (χ0n) is 9.69. The highest BCUT2D eigenvalue weighted by Crippen LogP contribution is 2.15. The highest BCUT2D eigenvalue weighted by molar-refractivity contribution is 7.99. The number of rotatable bonds is 6. The quantitative estimate of drug-likeness (QED) is 0.400. The minimum absolute atomic E-state index is 0.00434. The van der Waals surface area contributed by atoms with Gasteiger partial charge < -0.3 is 11.1 Å². The lowest BCUT2D eigenvalue weighted by Crippen LogP contribution is -2.25. The average molecular weight is 252 g/mol. The number of amidine groups is 1. The monoisotopic (exact) mass is 252 g/mol. The van der Waals surface area contributed by atoms with E-state index in [1.165, 1.54) is 11.8 Å². The average Bonchev–Trinajstić information content (AvgIpc) is 2.34. The number of carbonyl (C=O) groups is 1. The molecule has 5 nitrogen and oxygen atoms in total. The van der Waals surface area contributed by atoms with Gasteiger partial charge >= 0.3 is 0 Å². The molecule has 0 unspecified atom stereocenters. The maximum atomic E-state index is 11.4. The summed E-state index contributed by atoms with van der Waals surface area (Å²) < 4.78 is 0. The molecule has 0 aliphatic rings. The van der Waals surface area contributed by atoms with E-state index in [2.05, 4.69) is 10.3 Å². The van der Waals surface area contributed by atoms with E-state index in [4.69, 9.17) is 11.1 Å². The van der Waals surface area contributed by atoms with Gasteiger partial charge in [0.25, 0.3) is 0 Å². The first-order chi connectivity index (χ1) is 8.13. The molecule has 6 heteroatoms. The van der Waals surface area contributed by atoms with Gasteiger partial charge in [-0.25, -0.2) is 4.98 Å². The van der Waals surface area contributed by atoms with Crippen molar-refractivity contribution in [1.29, 1.82) is 5.41 Å². The Kier molecular flexibility index (Phi) is 5.48. The number of carbonyl (C=O) groups excluding carboxylic acids is 1. The van der Waals surface area contributed by atoms with Gasteiger partial charge in [0.1, 0.15) is 5.84 Å². The molecule has 92 valence electrons. The molecule has 0 saturated heterocycles. The maximum Gasteiger partial charge on any atom is 0.230 e. The van der Waals surface area contributed by atoms with Crippen molar-refractivity contribution in [2.24, 2.45) is 5.73 Å². The standard InChI is InChI=1S/C11H16N4OS/c1-2-4-14-9(16)7-17-10-6-8(11(12)13)3-5-15-10/h3,5-6H,2,4,7H2,1H3,(H3,12,13)(H,14,16). The van der Waals surface area contributed by atoms with Crippen LogP contribution in [0.4, 0.5) is 0 Å². The van der Waals surface area contributed by atoms with E-state index in [0.29, 0.717) is 22.9 Å². The number of pyridine rings is 1. The summed E-state index contributed by atoms with van der Waals surface area (Å²) in [6.45, 7) is 2.70. The fraction of sp³-hybridized carbons (Fsp3) is 0.364. The van der Waals surface area contributed by atoms with Gasteiger partial charge in [-0.1, -0.05) is 18.7 Å². The minimum atomic E-state index is -0.00752. The molecule has 0 bridgehead atoms. The van der Waals surface area contributed by atoms with Crippen LogP contribution >= 0.6 is 11.8 Å². The van der Waals surface area contributed by atoms with E-state index < -0.39 is 0 Å². The molecule has 0 spiro atoms. The topological polar surface area (TPSA) is 91.9 Å². The Labute approximate surface area is 105 Å². The number of nitrogens with zero attached hydrogens (tertiary/aromatic N) is 1. The Balaban J connectivity index is 2.49. The van der Waals surface area contributed by atoms with Crippen LogP contribution in [0, 0.1) is 5.41 Å². The molecular weight excluding hydrogens is 236 g/mol. The molecule has 0 saturated carbocycles. The second-order valence-corrected chi connectivity index (χ2v) is 4.43. The van der Waals surface area contributed by atoms with Crippen LogP contribution in [0.2, 0.25) is 0 Å². The van der Waals surface area contributed by atoms with Gasteiger partial charge in [0.2, 0.25) is 5.91 Å². The highest BCUT2D eigenvalue weighted by Gasteiger charge is 2.04. The predicted molar refractivity (Wildman–Crippen MR) is 69.3 cm³/mol. The van der Waals surface area contributed by atoms with Gasteiger partial charge in [-0.15, -0.1) is 0 Å². The van der Waals surface area contributed by atoms with Crippen LogP contribution in [0.1, 0.15) is 18.9 Å². The third-order valence-corrected chi connectivity index (χ3v) is 2.89. The molecule has 0 fully saturated rings. The highest BCUT2D eigenvalue weighted by atomic mass is 32.2. The summed E-state index contributed by atoms with van der Waals surface area (Å²) in [4.78, 5) is 15.5. The molecule has 0 radical (unpaired) electrons. The van der Waals surface area contributed by atoms with Crippen molar-refractivity contribution in [2.45, 2.75) is 18.4 Å². The summed E-state index contributed by atoms with van der Waals surface area (Å²) in [7, 11) is 0. The number of hydrogen-bond acceptors (Lipinski definition) is 4. The van der Waals surface area contributed by atoms with E-state index in [9.17, 15) is 4.79 Å². The van der Waals surface area contributed by atoms with Gasteiger partial charge in [0, 0.05) is 18.3 Å². The fourth-order valence-corrected chi connectivity index (χ4v) is 1.84. The number of hydrogen-bond donors (Lipinski definition) is 3. The molecule has 0 aliphatic heterocycles. The minimum Gasteiger partial charge on any atom is -0.384 e. The molecule has 1 amide bonds. The summed E-state index contributed by atoms with van der Waals surface area (Å²) in [6.07, 6.45) is 2.51. The van der Waals surface area contributed by atoms with Crippen molar-refractivity contribution in [1.82, 2.24) is 10.3 Å². The van der Waals surface area contributed by atoms with E-state index in [0.717, 1.165) is 6.42 Å². The normalized spacial score (nSPS) is 9.94. The van der Waals surface area contributed by atoms with Gasteiger partial charge in [0.05, 0.1) is 10.8 Å². The summed E-state index contributed by atoms with van der Waals surface area (Å²) in [5.41, 5.74) is 5.99. The number of aromatic nitrogens is 1. The maximum absolute atomic E-state index is 11.4. The Morgan fingerprint density at radius 3 is 3.06 bits per heavy atom. The number of nitrogens with two attached hydrogens (primary N) is 1. The van der Waals surface area contributed by atoms with Crippen molar-refractivity contribution in [2.75, 3.05) is 12.3 Å². The van der Waals surface area contributed by atoms with Crippen molar-refractivity contribution in [3.8, 4) is 0 Å². The first-order valence-corrected chi connectivity index (χ1v) is 6.32. The second-order valence-electron chi connectivity index (χ2n) is 3.44. The summed E-state index contributed by atoms with van der Waals surface area (Å²) >= 11 is 1.34. The second kappa shape index (κ2) is 6.90. The van der Waals surface area contributed by atoms with Gasteiger partial charge in [0.15, 0.2) is 0 Å². The van der Waals surface area contributed by atoms with E-state index in [1.807, 2.05) is 6.92 Å². The van der Waals surface area contributed by atoms with Crippen molar-refractivity contribution < 1.29 is 4.79 Å². The largest absolute Gasteiger partial charge is 0.384 e. The third kappa shape index (κ3) is 4.86. The predicted octanol–water partition coefficient (Wildman–Crippen LogP) is 0.984. The Hall–Kier alpha value is -1.56. The lowest BCUT2D eigenvalue weighted by Gasteiger charge is -2.04. The number of thioether (sulfide) groups is 1. The Bertz CT molecular complexity index is 408. The van der Waals surface area contributed by atoms with Crippen LogP contribution in [-0.2, 0) is 4.79 Å². The van der Waals surface area contributed by atoms with Crippen LogP contribution < -0.4 is 11.1 Å². The molecule has 0 aliphatic carbocycles. The molecular formula is C11H16N4OS. The summed E-state index contributed by atoms with van der Waals surface area (Å²) in [6, 6.07) is 3.38. The van der Waals surface area contributed by atoms with Crippen molar-refractivity contribution in [3.63, 3.8) is 0 Å². The van der Waals surface area contributed by atoms with E-state index >= 15 is 0 Å². The number of nitrogen functional groups attached to an aromatic ring is 1. The van der Waals surface area contributed by atoms with Crippen molar-refractivity contribution >= 4 is 23.5 Å². The number of nitrogens with one attached hydrogen (secondary N) is 2. The first kappa shape index (κ1) is 13.5. The zero-order valence-corrected chi connectivity index (χ0v) is 10.5. The van der Waals surface area contributed by atoms with Crippen LogP contribution in [0.15, 0.2) is 23.4 Å². The molecule has 1 rings (SSSR count). The lowest BCUT2D eigenvalue weighted by molar-refractivity contribution is -0.118.